The maximum Gasteiger partial charge on any atom is 0.261 e. The fourth-order valence-corrected chi connectivity index (χ4v) is 2.99. The Morgan fingerprint density at radius 1 is 1.10 bits per heavy atom. The number of nitrogens with zero attached hydrogens (tertiary/aromatic N) is 2. The number of aromatic amines is 2. The van der Waals surface area contributed by atoms with Gasteiger partial charge >= 0.3 is 0 Å². The summed E-state index contributed by atoms with van der Waals surface area (Å²) in [6.07, 6.45) is 4.69. The van der Waals surface area contributed by atoms with Crippen LogP contribution in [-0.4, -0.2) is 49.4 Å². The zero-order chi connectivity index (χ0) is 20.9. The second-order valence-electron chi connectivity index (χ2n) is 6.79. The largest absolute Gasteiger partial charge is 0.394 e. The third kappa shape index (κ3) is 4.45. The van der Waals surface area contributed by atoms with E-state index < -0.39 is 6.10 Å². The Labute approximate surface area is 172 Å². The van der Waals surface area contributed by atoms with Crippen molar-refractivity contribution in [2.45, 2.75) is 6.10 Å². The van der Waals surface area contributed by atoms with Crippen molar-refractivity contribution >= 4 is 29.1 Å². The van der Waals surface area contributed by atoms with Crippen molar-refractivity contribution in [3.05, 3.63) is 76.3 Å². The van der Waals surface area contributed by atoms with Crippen LogP contribution in [0.2, 0.25) is 0 Å². The Morgan fingerprint density at radius 3 is 2.73 bits per heavy atom. The number of anilines is 1. The molecule has 4 rings (SSSR count). The molecule has 0 saturated heterocycles. The van der Waals surface area contributed by atoms with Crippen molar-refractivity contribution in [1.82, 2.24) is 19.9 Å². The summed E-state index contributed by atoms with van der Waals surface area (Å²) >= 11 is 0. The highest BCUT2D eigenvalue weighted by molar-refractivity contribution is 5.83. The molecule has 8 heteroatoms. The van der Waals surface area contributed by atoms with Crippen LogP contribution in [0.3, 0.4) is 0 Å². The van der Waals surface area contributed by atoms with E-state index in [0.717, 1.165) is 22.5 Å². The van der Waals surface area contributed by atoms with E-state index in [9.17, 15) is 9.90 Å². The van der Waals surface area contributed by atoms with Crippen LogP contribution >= 0.6 is 0 Å². The van der Waals surface area contributed by atoms with Gasteiger partial charge in [0.15, 0.2) is 0 Å². The van der Waals surface area contributed by atoms with Crippen molar-refractivity contribution in [2.75, 3.05) is 18.5 Å². The highest BCUT2D eigenvalue weighted by Gasteiger charge is 2.11. The molecule has 0 aliphatic rings. The zero-order valence-corrected chi connectivity index (χ0v) is 16.0. The lowest BCUT2D eigenvalue weighted by molar-refractivity contribution is 0.105. The van der Waals surface area contributed by atoms with Crippen LogP contribution in [0.25, 0.3) is 34.4 Å². The monoisotopic (exact) mass is 403 g/mol. The number of fused-ring (bicyclic) bond motifs is 1. The van der Waals surface area contributed by atoms with E-state index in [2.05, 4.69) is 25.3 Å². The maximum atomic E-state index is 12.4. The number of aliphatic hydroxyl groups is 2. The number of H-pyrrole nitrogens is 2. The zero-order valence-electron chi connectivity index (χ0n) is 16.0. The molecule has 1 atom stereocenters. The molecular formula is C22H21N5O3. The summed E-state index contributed by atoms with van der Waals surface area (Å²) in [5.74, 6) is 0.217. The molecule has 5 N–H and O–H groups in total. The van der Waals surface area contributed by atoms with Crippen LogP contribution in [0, 0.1) is 0 Å². The minimum atomic E-state index is -0.940. The van der Waals surface area contributed by atoms with E-state index in [1.807, 2.05) is 54.6 Å². The third-order valence-corrected chi connectivity index (χ3v) is 4.55. The molecule has 152 valence electrons. The van der Waals surface area contributed by atoms with Gasteiger partial charge in [-0.2, -0.15) is 4.98 Å². The van der Waals surface area contributed by atoms with E-state index in [0.29, 0.717) is 11.0 Å². The van der Waals surface area contributed by atoms with E-state index in [1.165, 1.54) is 0 Å². The van der Waals surface area contributed by atoms with Gasteiger partial charge in [-0.1, -0.05) is 36.4 Å². The van der Waals surface area contributed by atoms with Gasteiger partial charge in [-0.3, -0.25) is 14.8 Å². The maximum absolute atomic E-state index is 12.4. The first-order valence-electron chi connectivity index (χ1n) is 9.48. The average Bonchev–Trinajstić information content (AvgIpc) is 3.22. The lowest BCUT2D eigenvalue weighted by Gasteiger charge is -2.08. The molecule has 30 heavy (non-hydrogen) atoms. The molecule has 1 aromatic carbocycles. The van der Waals surface area contributed by atoms with E-state index in [-0.39, 0.29) is 24.7 Å². The molecule has 0 aliphatic heterocycles. The highest BCUT2D eigenvalue weighted by Crippen LogP contribution is 2.22. The minimum absolute atomic E-state index is 0.0694. The Morgan fingerprint density at radius 2 is 1.93 bits per heavy atom. The molecule has 0 fully saturated rings. The predicted molar refractivity (Wildman–Crippen MR) is 117 cm³/mol. The number of aliphatic hydroxyl groups excluding tert-OH is 2. The quantitative estimate of drug-likeness (QED) is 0.322. The third-order valence-electron chi connectivity index (χ3n) is 4.55. The second-order valence-corrected chi connectivity index (χ2v) is 6.79. The molecule has 1 unspecified atom stereocenters. The molecule has 4 aromatic rings. The topological polar surface area (TPSA) is 127 Å². The first-order chi connectivity index (χ1) is 14.6. The first kappa shape index (κ1) is 19.6. The smallest absolute Gasteiger partial charge is 0.261 e. The Hall–Kier alpha value is -3.75. The molecule has 0 bridgehead atoms. The molecule has 3 aromatic heterocycles. The molecule has 0 radical (unpaired) electrons. The van der Waals surface area contributed by atoms with Crippen molar-refractivity contribution in [1.29, 1.82) is 0 Å². The number of aromatic nitrogens is 4. The summed E-state index contributed by atoms with van der Waals surface area (Å²) in [5, 5.41) is 21.6. The van der Waals surface area contributed by atoms with Gasteiger partial charge in [-0.05, 0) is 29.8 Å². The number of pyridine rings is 1. The molecule has 0 aliphatic carbocycles. The average molecular weight is 403 g/mol. The number of nitrogens with one attached hydrogen (secondary N) is 3. The fraction of sp³-hybridized carbons (Fsp3) is 0.136. The first-order valence-corrected chi connectivity index (χ1v) is 9.48. The van der Waals surface area contributed by atoms with Crippen molar-refractivity contribution in [2.24, 2.45) is 0 Å². The highest BCUT2D eigenvalue weighted by atomic mass is 16.3. The molecule has 3 heterocycles. The van der Waals surface area contributed by atoms with Crippen LogP contribution in [0.1, 0.15) is 11.3 Å². The number of benzene rings is 1. The normalized spacial score (nSPS) is 12.5. The summed E-state index contributed by atoms with van der Waals surface area (Å²) in [6.45, 7) is -0.310. The molecule has 0 amide bonds. The molecule has 0 saturated carbocycles. The lowest BCUT2D eigenvalue weighted by atomic mass is 10.1. The van der Waals surface area contributed by atoms with Gasteiger partial charge < -0.3 is 20.5 Å². The van der Waals surface area contributed by atoms with Gasteiger partial charge in [-0.25, -0.2) is 0 Å². The van der Waals surface area contributed by atoms with E-state index in [4.69, 9.17) is 5.11 Å². The molecule has 8 nitrogen and oxygen atoms in total. The second kappa shape index (κ2) is 8.73. The van der Waals surface area contributed by atoms with Crippen LogP contribution in [-0.2, 0) is 0 Å². The van der Waals surface area contributed by atoms with Gasteiger partial charge in [0, 0.05) is 24.0 Å². The summed E-state index contributed by atoms with van der Waals surface area (Å²) in [5.41, 5.74) is 3.61. The van der Waals surface area contributed by atoms with Gasteiger partial charge in [0.05, 0.1) is 23.8 Å². The van der Waals surface area contributed by atoms with Gasteiger partial charge in [0.2, 0.25) is 5.95 Å². The summed E-state index contributed by atoms with van der Waals surface area (Å²) in [7, 11) is 0. The van der Waals surface area contributed by atoms with Gasteiger partial charge in [-0.15, -0.1) is 0 Å². The Kier molecular flexibility index (Phi) is 5.69. The number of hydrogen-bond acceptors (Lipinski definition) is 6. The predicted octanol–water partition coefficient (Wildman–Crippen LogP) is 2.25. The number of hydrogen-bond donors (Lipinski definition) is 5. The standard InChI is InChI=1S/C22H21N5O3/c28-13-17(29)12-24-22-26-20-18(21(30)27-22)11-19(25-20)15-8-9-23-16(10-15)7-6-14-4-2-1-3-5-14/h1-11,17,28-29H,12-13H2,(H3,24,25,26,27,30). The summed E-state index contributed by atoms with van der Waals surface area (Å²) < 4.78 is 0. The van der Waals surface area contributed by atoms with Crippen LogP contribution < -0.4 is 10.9 Å². The van der Waals surface area contributed by atoms with Crippen molar-refractivity contribution < 1.29 is 10.2 Å². The molecular weight excluding hydrogens is 382 g/mol. The lowest BCUT2D eigenvalue weighted by Crippen LogP contribution is -2.25. The van der Waals surface area contributed by atoms with Crippen LogP contribution in [0.15, 0.2) is 59.5 Å². The SMILES string of the molecule is O=c1[nH]c(NCC(O)CO)nc2[nH]c(-c3ccnc(C=Cc4ccccc4)c3)cc12. The summed E-state index contributed by atoms with van der Waals surface area (Å²) in [6, 6.07) is 15.5. The minimum Gasteiger partial charge on any atom is -0.394 e. The van der Waals surface area contributed by atoms with Gasteiger partial charge in [0.1, 0.15) is 5.65 Å². The fourth-order valence-electron chi connectivity index (χ4n) is 2.99. The van der Waals surface area contributed by atoms with Crippen molar-refractivity contribution in [3.63, 3.8) is 0 Å². The van der Waals surface area contributed by atoms with E-state index in [1.54, 1.807) is 12.3 Å². The van der Waals surface area contributed by atoms with Crippen molar-refractivity contribution in [3.8, 4) is 11.3 Å². The number of rotatable bonds is 7. The Bertz CT molecular complexity index is 1230. The van der Waals surface area contributed by atoms with Gasteiger partial charge in [0.25, 0.3) is 5.56 Å². The summed E-state index contributed by atoms with van der Waals surface area (Å²) in [4.78, 5) is 26.9. The molecule has 0 spiro atoms. The Balaban J connectivity index is 1.61. The van der Waals surface area contributed by atoms with E-state index >= 15 is 0 Å². The van der Waals surface area contributed by atoms with Crippen LogP contribution in [0.4, 0.5) is 5.95 Å². The van der Waals surface area contributed by atoms with Crippen LogP contribution in [0.5, 0.6) is 0 Å².